The fourth-order valence-corrected chi connectivity index (χ4v) is 9.46. The molecule has 0 unspecified atom stereocenters. The standard InChI is InChI=1S/C35H36ClN5O5S2/c1-22-6-9-25(10-7-22)48(43,44)41-29(23-8-11-28-24(16-23)12-15-40(28)31(42)20-39(2)3)17-26-32(27(36)18-37-33(26)41)30-19-38-34(47-30)35(13-5-14-35)46-21-45-4/h6-11,16-19H,5,12-15,20-21H2,1-4H3. The van der Waals surface area contributed by atoms with Gasteiger partial charge in [-0.05, 0) is 88.2 Å². The van der Waals surface area contributed by atoms with Crippen LogP contribution in [0.1, 0.15) is 35.4 Å². The highest BCUT2D eigenvalue weighted by molar-refractivity contribution is 7.90. The molecule has 13 heteroatoms. The highest BCUT2D eigenvalue weighted by Crippen LogP contribution is 2.49. The maximum atomic E-state index is 14.5. The molecule has 48 heavy (non-hydrogen) atoms. The number of hydrogen-bond acceptors (Lipinski definition) is 9. The number of benzene rings is 2. The van der Waals surface area contributed by atoms with E-state index in [0.717, 1.165) is 46.0 Å². The molecule has 7 rings (SSSR count). The summed E-state index contributed by atoms with van der Waals surface area (Å²) in [5.41, 5.74) is 4.33. The molecular formula is C35H36ClN5O5S2. The minimum Gasteiger partial charge on any atom is -0.359 e. The number of aryl methyl sites for hydroxylation is 1. The molecule has 250 valence electrons. The number of methoxy groups -OCH3 is 1. The highest BCUT2D eigenvalue weighted by atomic mass is 35.5. The molecule has 1 fully saturated rings. The number of rotatable bonds is 10. The number of thiazole rings is 1. The Morgan fingerprint density at radius 3 is 2.54 bits per heavy atom. The molecule has 1 aliphatic carbocycles. The predicted molar refractivity (Wildman–Crippen MR) is 188 cm³/mol. The van der Waals surface area contributed by atoms with Gasteiger partial charge in [-0.25, -0.2) is 22.4 Å². The third-order valence-electron chi connectivity index (χ3n) is 9.08. The number of ether oxygens (including phenoxy) is 2. The molecule has 4 heterocycles. The van der Waals surface area contributed by atoms with Crippen LogP contribution < -0.4 is 4.90 Å². The molecule has 0 spiro atoms. The Kier molecular flexibility index (Phi) is 8.67. The van der Waals surface area contributed by atoms with Crippen LogP contribution in [0.5, 0.6) is 0 Å². The van der Waals surface area contributed by atoms with Crippen molar-refractivity contribution in [3.8, 4) is 21.7 Å². The first-order valence-electron chi connectivity index (χ1n) is 15.7. The average Bonchev–Trinajstić information content (AvgIpc) is 3.78. The summed E-state index contributed by atoms with van der Waals surface area (Å²) in [4.78, 5) is 26.9. The van der Waals surface area contributed by atoms with Crippen molar-refractivity contribution in [1.82, 2.24) is 18.8 Å². The summed E-state index contributed by atoms with van der Waals surface area (Å²) in [5, 5.41) is 1.81. The molecule has 3 aromatic heterocycles. The van der Waals surface area contributed by atoms with E-state index in [1.807, 2.05) is 50.2 Å². The first-order chi connectivity index (χ1) is 23.0. The first kappa shape index (κ1) is 32.9. The van der Waals surface area contributed by atoms with Crippen LogP contribution in [0, 0.1) is 6.92 Å². The van der Waals surface area contributed by atoms with Crippen LogP contribution in [0.2, 0.25) is 5.02 Å². The second-order valence-corrected chi connectivity index (χ2v) is 15.9. The molecule has 5 aromatic rings. The zero-order valence-electron chi connectivity index (χ0n) is 27.2. The molecule has 0 bridgehead atoms. The van der Waals surface area contributed by atoms with E-state index in [9.17, 15) is 13.2 Å². The zero-order chi connectivity index (χ0) is 33.8. The lowest BCUT2D eigenvalue weighted by Crippen LogP contribution is -2.37. The number of likely N-dealkylation sites (N-methyl/N-ethyl adjacent to an activating group) is 1. The quantitative estimate of drug-likeness (QED) is 0.152. The van der Waals surface area contributed by atoms with E-state index in [0.29, 0.717) is 46.7 Å². The van der Waals surface area contributed by atoms with Crippen LogP contribution in [0.3, 0.4) is 0 Å². The Labute approximate surface area is 288 Å². The zero-order valence-corrected chi connectivity index (χ0v) is 29.6. The maximum Gasteiger partial charge on any atom is 0.269 e. The molecule has 0 saturated heterocycles. The van der Waals surface area contributed by atoms with E-state index in [1.165, 1.54) is 21.5 Å². The maximum absolute atomic E-state index is 14.5. The molecule has 0 atom stereocenters. The number of carbonyl (C=O) groups is 1. The van der Waals surface area contributed by atoms with E-state index >= 15 is 0 Å². The Morgan fingerprint density at radius 2 is 1.85 bits per heavy atom. The molecule has 2 aliphatic rings. The lowest BCUT2D eigenvalue weighted by Gasteiger charge is -2.39. The average molecular weight is 706 g/mol. The topological polar surface area (TPSA) is 107 Å². The number of fused-ring (bicyclic) bond motifs is 2. The summed E-state index contributed by atoms with van der Waals surface area (Å²) in [6.45, 7) is 2.96. The van der Waals surface area contributed by atoms with Gasteiger partial charge in [0.1, 0.15) is 17.4 Å². The normalized spacial score (nSPS) is 15.7. The Bertz CT molecular complexity index is 2140. The Balaban J connectivity index is 1.40. The molecule has 1 saturated carbocycles. The summed E-state index contributed by atoms with van der Waals surface area (Å²) in [6, 6.07) is 14.4. The number of carbonyl (C=O) groups excluding carboxylic acids is 1. The molecule has 1 amide bonds. The predicted octanol–water partition coefficient (Wildman–Crippen LogP) is 6.48. The van der Waals surface area contributed by atoms with Gasteiger partial charge in [0.25, 0.3) is 10.0 Å². The van der Waals surface area contributed by atoms with Gasteiger partial charge in [0.05, 0.1) is 27.0 Å². The summed E-state index contributed by atoms with van der Waals surface area (Å²) in [7, 11) is 1.23. The fourth-order valence-electron chi connectivity index (χ4n) is 6.48. The number of amides is 1. The van der Waals surface area contributed by atoms with Gasteiger partial charge in [0.15, 0.2) is 5.65 Å². The molecule has 0 radical (unpaired) electrons. The highest BCUT2D eigenvalue weighted by Gasteiger charge is 2.43. The first-order valence-corrected chi connectivity index (χ1v) is 18.4. The van der Waals surface area contributed by atoms with Crippen molar-refractivity contribution in [2.45, 2.75) is 43.1 Å². The number of hydrogen-bond donors (Lipinski definition) is 0. The van der Waals surface area contributed by atoms with Gasteiger partial charge in [-0.1, -0.05) is 35.4 Å². The fraction of sp³-hybridized carbons (Fsp3) is 0.343. The molecule has 0 N–H and O–H groups in total. The van der Waals surface area contributed by atoms with Gasteiger partial charge in [0.2, 0.25) is 5.91 Å². The monoisotopic (exact) mass is 705 g/mol. The van der Waals surface area contributed by atoms with Gasteiger partial charge >= 0.3 is 0 Å². The van der Waals surface area contributed by atoms with Crippen LogP contribution in [0.4, 0.5) is 5.69 Å². The van der Waals surface area contributed by atoms with E-state index < -0.39 is 15.6 Å². The number of aromatic nitrogens is 3. The van der Waals surface area contributed by atoms with E-state index in [2.05, 4.69) is 4.98 Å². The van der Waals surface area contributed by atoms with Crippen molar-refractivity contribution in [3.05, 3.63) is 82.1 Å². The summed E-state index contributed by atoms with van der Waals surface area (Å²) < 4.78 is 41.6. The SMILES string of the molecule is COCOC1(c2ncc(-c3c(Cl)cnc4c3cc(-c3ccc5c(c3)CCN5C(=O)CN(C)C)n4S(=O)(=O)c3ccc(C)cc3)s2)CCC1. The van der Waals surface area contributed by atoms with Crippen molar-refractivity contribution in [2.75, 3.05) is 46.0 Å². The summed E-state index contributed by atoms with van der Waals surface area (Å²) >= 11 is 8.36. The largest absolute Gasteiger partial charge is 0.359 e. The third kappa shape index (κ3) is 5.64. The molecule has 2 aromatic carbocycles. The Hall–Kier alpha value is -3.65. The van der Waals surface area contributed by atoms with Gasteiger partial charge in [-0.3, -0.25) is 4.79 Å². The van der Waals surface area contributed by atoms with Crippen molar-refractivity contribution >= 4 is 55.6 Å². The smallest absolute Gasteiger partial charge is 0.269 e. The molecule has 1 aliphatic heterocycles. The van der Waals surface area contributed by atoms with Crippen molar-refractivity contribution in [3.63, 3.8) is 0 Å². The van der Waals surface area contributed by atoms with Crippen LogP contribution >= 0.6 is 22.9 Å². The van der Waals surface area contributed by atoms with Crippen molar-refractivity contribution in [1.29, 1.82) is 0 Å². The van der Waals surface area contributed by atoms with Crippen LogP contribution in [-0.4, -0.2) is 74.3 Å². The van der Waals surface area contributed by atoms with Gasteiger partial charge in [0, 0.05) is 42.7 Å². The summed E-state index contributed by atoms with van der Waals surface area (Å²) in [6.07, 6.45) is 6.66. The summed E-state index contributed by atoms with van der Waals surface area (Å²) in [5.74, 6) is 0.0197. The second-order valence-electron chi connectivity index (χ2n) is 12.6. The molecular weight excluding hydrogens is 670 g/mol. The number of nitrogens with zero attached hydrogens (tertiary/aromatic N) is 5. The van der Waals surface area contributed by atoms with E-state index in [4.69, 9.17) is 26.1 Å². The van der Waals surface area contributed by atoms with Gasteiger partial charge < -0.3 is 19.3 Å². The van der Waals surface area contributed by atoms with Crippen LogP contribution in [-0.2, 0) is 36.3 Å². The lowest BCUT2D eigenvalue weighted by molar-refractivity contribution is -0.171. The Morgan fingerprint density at radius 1 is 1.08 bits per heavy atom. The van der Waals surface area contributed by atoms with Gasteiger partial charge in [-0.15, -0.1) is 11.3 Å². The molecule has 10 nitrogen and oxygen atoms in total. The van der Waals surface area contributed by atoms with Crippen LogP contribution in [0.15, 0.2) is 65.8 Å². The second kappa shape index (κ2) is 12.7. The van der Waals surface area contributed by atoms with Crippen LogP contribution in [0.25, 0.3) is 32.7 Å². The van der Waals surface area contributed by atoms with E-state index in [-0.39, 0.29) is 23.2 Å². The lowest BCUT2D eigenvalue weighted by atomic mass is 9.80. The number of anilines is 1. The number of pyridine rings is 1. The minimum absolute atomic E-state index is 0.0197. The number of halogens is 1. The van der Waals surface area contributed by atoms with Crippen molar-refractivity contribution < 1.29 is 22.7 Å². The van der Waals surface area contributed by atoms with Crippen molar-refractivity contribution in [2.24, 2.45) is 0 Å². The third-order valence-corrected chi connectivity index (χ3v) is 12.3. The van der Waals surface area contributed by atoms with E-state index in [1.54, 1.807) is 42.5 Å². The van der Waals surface area contributed by atoms with Gasteiger partial charge in [-0.2, -0.15) is 0 Å². The minimum atomic E-state index is -4.11.